The highest BCUT2D eigenvalue weighted by Crippen LogP contribution is 2.62. The third kappa shape index (κ3) is 4.78. The van der Waals surface area contributed by atoms with Gasteiger partial charge in [0.1, 0.15) is 12.4 Å². The first-order chi connectivity index (χ1) is 18.4. The zero-order valence-corrected chi connectivity index (χ0v) is 22.7. The summed E-state index contributed by atoms with van der Waals surface area (Å²) in [7, 11) is 0. The smallest absolute Gasteiger partial charge is 0.328 e. The number of carboxylic acid groups (broad SMARTS) is 1. The zero-order chi connectivity index (χ0) is 26.3. The third-order valence-electron chi connectivity index (χ3n) is 9.17. The van der Waals surface area contributed by atoms with Crippen molar-refractivity contribution in [1.82, 2.24) is 0 Å². The van der Waals surface area contributed by atoms with Gasteiger partial charge in [-0.25, -0.2) is 4.79 Å². The molecule has 0 heterocycles. The molecule has 0 radical (unpaired) electrons. The summed E-state index contributed by atoms with van der Waals surface area (Å²) in [5, 5.41) is 9.70. The first kappa shape index (κ1) is 25.2. The Morgan fingerprint density at radius 2 is 1.68 bits per heavy atom. The van der Waals surface area contributed by atoms with Gasteiger partial charge in [-0.15, -0.1) is 0 Å². The van der Waals surface area contributed by atoms with E-state index in [1.165, 1.54) is 49.7 Å². The number of halogens is 1. The van der Waals surface area contributed by atoms with Crippen LogP contribution >= 0.6 is 11.6 Å². The van der Waals surface area contributed by atoms with E-state index in [1.807, 2.05) is 12.1 Å². The van der Waals surface area contributed by atoms with Crippen molar-refractivity contribution in [3.8, 4) is 16.9 Å². The fourth-order valence-corrected chi connectivity index (χ4v) is 8.32. The second-order valence-corrected chi connectivity index (χ2v) is 12.1. The maximum atomic E-state index is 11.1. The van der Waals surface area contributed by atoms with E-state index < -0.39 is 5.97 Å². The number of rotatable bonds is 8. The highest BCUT2D eigenvalue weighted by Gasteiger charge is 2.52. The lowest BCUT2D eigenvalue weighted by Gasteiger charge is -2.57. The highest BCUT2D eigenvalue weighted by molar-refractivity contribution is 6.33. The van der Waals surface area contributed by atoms with Gasteiger partial charge in [0.15, 0.2) is 0 Å². The van der Waals surface area contributed by atoms with Crippen molar-refractivity contribution in [3.63, 3.8) is 0 Å². The van der Waals surface area contributed by atoms with E-state index in [0.717, 1.165) is 58.3 Å². The van der Waals surface area contributed by atoms with Gasteiger partial charge in [-0.3, -0.25) is 0 Å². The molecule has 3 aromatic carbocycles. The van der Waals surface area contributed by atoms with Crippen LogP contribution in [-0.4, -0.2) is 11.1 Å². The molecule has 4 aliphatic carbocycles. The van der Waals surface area contributed by atoms with Gasteiger partial charge in [-0.05, 0) is 114 Å². The van der Waals surface area contributed by atoms with Gasteiger partial charge in [0.2, 0.25) is 0 Å². The number of aliphatic carboxylic acids is 1. The predicted octanol–water partition coefficient (Wildman–Crippen LogP) is 8.71. The van der Waals surface area contributed by atoms with Gasteiger partial charge in [0.05, 0.1) is 5.02 Å². The maximum Gasteiger partial charge on any atom is 0.328 e. The Balaban J connectivity index is 1.42. The van der Waals surface area contributed by atoms with Crippen molar-refractivity contribution in [2.24, 2.45) is 17.8 Å². The highest BCUT2D eigenvalue weighted by atomic mass is 35.5. The van der Waals surface area contributed by atoms with Crippen LogP contribution in [0.25, 0.3) is 17.2 Å². The summed E-state index contributed by atoms with van der Waals surface area (Å²) in [5.74, 6) is 2.56. The molecule has 3 nitrogen and oxygen atoms in total. The van der Waals surface area contributed by atoms with Crippen LogP contribution in [0, 0.1) is 17.8 Å². The lowest BCUT2D eigenvalue weighted by molar-refractivity contribution is -0.131. The Hall–Kier alpha value is -3.04. The topological polar surface area (TPSA) is 46.5 Å². The van der Waals surface area contributed by atoms with Gasteiger partial charge >= 0.3 is 5.97 Å². The Morgan fingerprint density at radius 1 is 1.00 bits per heavy atom. The molecule has 4 fully saturated rings. The Bertz CT molecular complexity index is 1340. The van der Waals surface area contributed by atoms with Crippen molar-refractivity contribution in [3.05, 3.63) is 94.0 Å². The molecule has 0 aliphatic heterocycles. The van der Waals surface area contributed by atoms with E-state index in [-0.39, 0.29) is 5.41 Å². The molecule has 0 amide bonds. The summed E-state index contributed by atoms with van der Waals surface area (Å²) in [4.78, 5) is 11.1. The van der Waals surface area contributed by atoms with E-state index in [0.29, 0.717) is 11.6 Å². The van der Waals surface area contributed by atoms with Crippen LogP contribution in [0.3, 0.4) is 0 Å². The molecule has 4 aliphatic rings. The number of ether oxygens (including phenoxy) is 1. The summed E-state index contributed by atoms with van der Waals surface area (Å²) in [6, 6.07) is 21.2. The molecule has 3 aromatic rings. The van der Waals surface area contributed by atoms with E-state index in [2.05, 4.69) is 55.5 Å². The van der Waals surface area contributed by atoms with Gasteiger partial charge in [0, 0.05) is 11.6 Å². The molecule has 0 saturated heterocycles. The van der Waals surface area contributed by atoms with Crippen molar-refractivity contribution < 1.29 is 14.6 Å². The minimum atomic E-state index is -0.977. The molecule has 196 valence electrons. The first-order valence-electron chi connectivity index (χ1n) is 14.0. The van der Waals surface area contributed by atoms with Crippen LogP contribution in [0.2, 0.25) is 5.02 Å². The van der Waals surface area contributed by atoms with Crippen LogP contribution < -0.4 is 4.74 Å². The fraction of sp³-hybridized carbons (Fsp3) is 0.382. The fourth-order valence-electron chi connectivity index (χ4n) is 7.96. The van der Waals surface area contributed by atoms with Crippen LogP contribution in [0.15, 0.2) is 66.7 Å². The molecule has 38 heavy (non-hydrogen) atoms. The first-order valence-corrected chi connectivity index (χ1v) is 14.4. The van der Waals surface area contributed by atoms with Crippen LogP contribution in [0.1, 0.15) is 67.7 Å². The maximum absolute atomic E-state index is 11.1. The van der Waals surface area contributed by atoms with E-state index in [1.54, 1.807) is 6.08 Å². The molecule has 1 N–H and O–H groups in total. The molecule has 7 rings (SSSR count). The number of hydrogen-bond donors (Lipinski definition) is 1. The number of carboxylic acids is 1. The van der Waals surface area contributed by atoms with Gasteiger partial charge in [-0.1, -0.05) is 67.1 Å². The minimum absolute atomic E-state index is 0.192. The summed E-state index contributed by atoms with van der Waals surface area (Å²) < 4.78 is 6.57. The van der Waals surface area contributed by atoms with E-state index in [4.69, 9.17) is 21.4 Å². The third-order valence-corrected chi connectivity index (χ3v) is 9.62. The Morgan fingerprint density at radius 3 is 2.32 bits per heavy atom. The standard InChI is InChI=1S/C34H35ClO3/c1-2-28-29(11-8-26(33(28)35)10-13-32(36)37)27-9-12-31(38-21-22-6-4-3-5-7-22)30(17-27)34-18-23-14-24(19-34)16-25(15-23)20-34/h3-13,17,23-25H,2,14-16,18-21H2,1H3,(H,36,37). The molecule has 4 saturated carbocycles. The Kier molecular flexibility index (Phi) is 6.82. The minimum Gasteiger partial charge on any atom is -0.489 e. The predicted molar refractivity (Wildman–Crippen MR) is 154 cm³/mol. The zero-order valence-electron chi connectivity index (χ0n) is 22.0. The average Bonchev–Trinajstić information content (AvgIpc) is 2.91. The van der Waals surface area contributed by atoms with E-state index in [9.17, 15) is 4.79 Å². The molecule has 4 heteroatoms. The lowest BCUT2D eigenvalue weighted by atomic mass is 9.48. The van der Waals surface area contributed by atoms with E-state index >= 15 is 0 Å². The summed E-state index contributed by atoms with van der Waals surface area (Å²) in [6.45, 7) is 2.67. The lowest BCUT2D eigenvalue weighted by Crippen LogP contribution is -2.48. The van der Waals surface area contributed by atoms with Crippen molar-refractivity contribution >= 4 is 23.6 Å². The summed E-state index contributed by atoms with van der Waals surface area (Å²) >= 11 is 6.82. The van der Waals surface area contributed by atoms with Crippen LogP contribution in [0.4, 0.5) is 0 Å². The molecule has 0 spiro atoms. The van der Waals surface area contributed by atoms with Crippen LogP contribution in [0.5, 0.6) is 5.75 Å². The van der Waals surface area contributed by atoms with Crippen LogP contribution in [-0.2, 0) is 23.2 Å². The van der Waals surface area contributed by atoms with Crippen molar-refractivity contribution in [2.75, 3.05) is 0 Å². The average molecular weight is 527 g/mol. The summed E-state index contributed by atoms with van der Waals surface area (Å²) in [6.07, 6.45) is 11.5. The molecule has 4 bridgehead atoms. The monoisotopic (exact) mass is 526 g/mol. The molecular weight excluding hydrogens is 492 g/mol. The molecule has 0 aromatic heterocycles. The molecule has 0 atom stereocenters. The number of carbonyl (C=O) groups is 1. The van der Waals surface area contributed by atoms with Gasteiger partial charge in [-0.2, -0.15) is 0 Å². The van der Waals surface area contributed by atoms with Crippen molar-refractivity contribution in [1.29, 1.82) is 0 Å². The Labute approximate surface area is 230 Å². The molecule has 0 unspecified atom stereocenters. The largest absolute Gasteiger partial charge is 0.489 e. The SMILES string of the molecule is CCc1c(-c2ccc(OCc3ccccc3)c(C34CC5CC(CC(C5)C3)C4)c2)ccc(C=CC(=O)O)c1Cl. The number of hydrogen-bond acceptors (Lipinski definition) is 2. The second-order valence-electron chi connectivity index (χ2n) is 11.7. The quantitative estimate of drug-likeness (QED) is 0.298. The number of benzene rings is 3. The molecular formula is C34H35ClO3. The van der Waals surface area contributed by atoms with Gasteiger partial charge in [0.25, 0.3) is 0 Å². The second kappa shape index (κ2) is 10.3. The van der Waals surface area contributed by atoms with Crippen molar-refractivity contribution in [2.45, 2.75) is 63.9 Å². The normalized spacial score (nSPS) is 25.7. The summed E-state index contributed by atoms with van der Waals surface area (Å²) in [5.41, 5.74) is 6.81. The van der Waals surface area contributed by atoms with Gasteiger partial charge < -0.3 is 9.84 Å².